The third-order valence-electron chi connectivity index (χ3n) is 3.25. The molecule has 1 aliphatic rings. The van der Waals surface area contributed by atoms with Gasteiger partial charge in [-0.1, -0.05) is 19.3 Å². The SMILES string of the molecule is COc1nc(N2CCCCCCC2)ccc1N. The lowest BCUT2D eigenvalue weighted by atomic mass is 10.1. The monoisotopic (exact) mass is 235 g/mol. The van der Waals surface area contributed by atoms with Crippen molar-refractivity contribution in [3.8, 4) is 5.88 Å². The van der Waals surface area contributed by atoms with E-state index in [0.717, 1.165) is 18.9 Å². The van der Waals surface area contributed by atoms with Gasteiger partial charge in [0.2, 0.25) is 5.88 Å². The number of nitrogen functional groups attached to an aromatic ring is 1. The van der Waals surface area contributed by atoms with Gasteiger partial charge in [-0.2, -0.15) is 4.98 Å². The maximum Gasteiger partial charge on any atom is 0.238 e. The van der Waals surface area contributed by atoms with Gasteiger partial charge in [0.25, 0.3) is 0 Å². The number of methoxy groups -OCH3 is 1. The molecular weight excluding hydrogens is 214 g/mol. The fraction of sp³-hybridized carbons (Fsp3) is 0.615. The summed E-state index contributed by atoms with van der Waals surface area (Å²) >= 11 is 0. The van der Waals surface area contributed by atoms with Crippen molar-refractivity contribution in [1.29, 1.82) is 0 Å². The zero-order valence-electron chi connectivity index (χ0n) is 10.5. The summed E-state index contributed by atoms with van der Waals surface area (Å²) in [5.41, 5.74) is 6.38. The van der Waals surface area contributed by atoms with E-state index >= 15 is 0 Å². The molecule has 0 unspecified atom stereocenters. The quantitative estimate of drug-likeness (QED) is 0.855. The molecule has 2 N–H and O–H groups in total. The summed E-state index contributed by atoms with van der Waals surface area (Å²) in [5, 5.41) is 0. The summed E-state index contributed by atoms with van der Waals surface area (Å²) in [7, 11) is 1.61. The second-order valence-electron chi connectivity index (χ2n) is 4.52. The number of nitrogens with zero attached hydrogens (tertiary/aromatic N) is 2. The zero-order chi connectivity index (χ0) is 12.1. The van der Waals surface area contributed by atoms with E-state index in [0.29, 0.717) is 11.6 Å². The van der Waals surface area contributed by atoms with Crippen molar-refractivity contribution in [2.75, 3.05) is 30.8 Å². The standard InChI is InChI=1S/C13H21N3O/c1-17-13-11(14)7-8-12(15-13)16-9-5-3-2-4-6-10-16/h7-8H,2-6,9-10,14H2,1H3. The number of pyridine rings is 1. The van der Waals surface area contributed by atoms with Gasteiger partial charge >= 0.3 is 0 Å². The van der Waals surface area contributed by atoms with Crippen LogP contribution in [0.5, 0.6) is 5.88 Å². The molecule has 0 saturated carbocycles. The predicted octanol–water partition coefficient (Wildman–Crippen LogP) is 2.44. The lowest BCUT2D eigenvalue weighted by Crippen LogP contribution is -2.27. The van der Waals surface area contributed by atoms with Crippen LogP contribution in [-0.2, 0) is 0 Å². The molecule has 2 heterocycles. The summed E-state index contributed by atoms with van der Waals surface area (Å²) in [6.45, 7) is 2.17. The molecule has 4 nitrogen and oxygen atoms in total. The maximum absolute atomic E-state index is 5.78. The van der Waals surface area contributed by atoms with Crippen LogP contribution < -0.4 is 15.4 Å². The summed E-state index contributed by atoms with van der Waals surface area (Å²) < 4.78 is 5.17. The molecule has 0 radical (unpaired) electrons. The van der Waals surface area contributed by atoms with E-state index in [1.54, 1.807) is 7.11 Å². The van der Waals surface area contributed by atoms with Gasteiger partial charge in [0.05, 0.1) is 12.8 Å². The minimum atomic E-state index is 0.532. The Morgan fingerprint density at radius 1 is 1.12 bits per heavy atom. The number of ether oxygens (including phenoxy) is 1. The van der Waals surface area contributed by atoms with Gasteiger partial charge in [0.1, 0.15) is 5.82 Å². The first-order valence-corrected chi connectivity index (χ1v) is 6.37. The normalized spacial score (nSPS) is 17.4. The molecule has 0 atom stereocenters. The second kappa shape index (κ2) is 5.75. The van der Waals surface area contributed by atoms with Crippen LogP contribution in [0.4, 0.5) is 11.5 Å². The van der Waals surface area contributed by atoms with E-state index in [2.05, 4.69) is 9.88 Å². The molecule has 94 valence electrons. The summed E-state index contributed by atoms with van der Waals surface area (Å²) in [6.07, 6.45) is 6.50. The first-order chi connectivity index (χ1) is 8.31. The molecule has 1 aliphatic heterocycles. The minimum absolute atomic E-state index is 0.532. The average Bonchev–Trinajstić information content (AvgIpc) is 2.30. The van der Waals surface area contributed by atoms with Crippen LogP contribution in [0.25, 0.3) is 0 Å². The molecule has 4 heteroatoms. The molecule has 17 heavy (non-hydrogen) atoms. The summed E-state index contributed by atoms with van der Waals surface area (Å²) in [6, 6.07) is 3.86. The van der Waals surface area contributed by atoms with E-state index in [1.807, 2.05) is 12.1 Å². The fourth-order valence-electron chi connectivity index (χ4n) is 2.26. The number of anilines is 2. The van der Waals surface area contributed by atoms with Gasteiger partial charge in [-0.25, -0.2) is 0 Å². The third-order valence-corrected chi connectivity index (χ3v) is 3.25. The topological polar surface area (TPSA) is 51.4 Å². The molecule has 0 spiro atoms. The van der Waals surface area contributed by atoms with Crippen molar-refractivity contribution in [3.05, 3.63) is 12.1 Å². The predicted molar refractivity (Wildman–Crippen MR) is 70.5 cm³/mol. The Balaban J connectivity index is 2.13. The van der Waals surface area contributed by atoms with Gasteiger partial charge in [-0.3, -0.25) is 0 Å². The van der Waals surface area contributed by atoms with Crippen molar-refractivity contribution >= 4 is 11.5 Å². The molecule has 2 rings (SSSR count). The van der Waals surface area contributed by atoms with Crippen LogP contribution in [0, 0.1) is 0 Å². The highest BCUT2D eigenvalue weighted by atomic mass is 16.5. The molecular formula is C13H21N3O. The van der Waals surface area contributed by atoms with E-state index in [4.69, 9.17) is 10.5 Å². The number of rotatable bonds is 2. The number of hydrogen-bond acceptors (Lipinski definition) is 4. The molecule has 0 aromatic carbocycles. The molecule has 0 aliphatic carbocycles. The van der Waals surface area contributed by atoms with Gasteiger partial charge in [0.15, 0.2) is 0 Å². The Hall–Kier alpha value is -1.45. The summed E-state index contributed by atoms with van der Waals surface area (Å²) in [4.78, 5) is 6.80. The number of aromatic nitrogens is 1. The maximum atomic E-state index is 5.78. The van der Waals surface area contributed by atoms with Crippen molar-refractivity contribution in [2.45, 2.75) is 32.1 Å². The van der Waals surface area contributed by atoms with Crippen LogP contribution in [0.2, 0.25) is 0 Å². The van der Waals surface area contributed by atoms with E-state index < -0.39 is 0 Å². The Morgan fingerprint density at radius 2 is 1.76 bits per heavy atom. The van der Waals surface area contributed by atoms with Crippen LogP contribution >= 0.6 is 0 Å². The van der Waals surface area contributed by atoms with E-state index in [9.17, 15) is 0 Å². The molecule has 1 saturated heterocycles. The lowest BCUT2D eigenvalue weighted by molar-refractivity contribution is 0.400. The Kier molecular flexibility index (Phi) is 4.07. The molecule has 1 aromatic heterocycles. The van der Waals surface area contributed by atoms with Gasteiger partial charge in [-0.15, -0.1) is 0 Å². The van der Waals surface area contributed by atoms with Crippen LogP contribution in [0.1, 0.15) is 32.1 Å². The smallest absolute Gasteiger partial charge is 0.238 e. The Morgan fingerprint density at radius 3 is 2.41 bits per heavy atom. The molecule has 0 amide bonds. The number of nitrogens with two attached hydrogens (primary N) is 1. The van der Waals surface area contributed by atoms with Crippen molar-refractivity contribution in [1.82, 2.24) is 4.98 Å². The van der Waals surface area contributed by atoms with Crippen LogP contribution in [0.15, 0.2) is 12.1 Å². The first kappa shape index (κ1) is 12.0. The molecule has 1 fully saturated rings. The first-order valence-electron chi connectivity index (χ1n) is 6.37. The second-order valence-corrected chi connectivity index (χ2v) is 4.52. The Labute approximate surface area is 103 Å². The number of hydrogen-bond donors (Lipinski definition) is 1. The van der Waals surface area contributed by atoms with E-state index in [-0.39, 0.29) is 0 Å². The summed E-state index contributed by atoms with van der Waals surface area (Å²) in [5.74, 6) is 1.52. The van der Waals surface area contributed by atoms with Crippen molar-refractivity contribution in [3.63, 3.8) is 0 Å². The largest absolute Gasteiger partial charge is 0.479 e. The highest BCUT2D eigenvalue weighted by Gasteiger charge is 2.12. The average molecular weight is 235 g/mol. The van der Waals surface area contributed by atoms with Gasteiger partial charge < -0.3 is 15.4 Å². The highest BCUT2D eigenvalue weighted by Crippen LogP contribution is 2.24. The lowest BCUT2D eigenvalue weighted by Gasteiger charge is -2.26. The van der Waals surface area contributed by atoms with Crippen molar-refractivity contribution < 1.29 is 4.74 Å². The fourth-order valence-corrected chi connectivity index (χ4v) is 2.26. The molecule has 0 bridgehead atoms. The van der Waals surface area contributed by atoms with Gasteiger partial charge in [0, 0.05) is 13.1 Å². The van der Waals surface area contributed by atoms with Crippen LogP contribution in [0.3, 0.4) is 0 Å². The zero-order valence-corrected chi connectivity index (χ0v) is 10.5. The van der Waals surface area contributed by atoms with E-state index in [1.165, 1.54) is 32.1 Å². The van der Waals surface area contributed by atoms with Crippen LogP contribution in [-0.4, -0.2) is 25.2 Å². The third kappa shape index (κ3) is 3.02. The van der Waals surface area contributed by atoms with Gasteiger partial charge in [-0.05, 0) is 25.0 Å². The minimum Gasteiger partial charge on any atom is -0.479 e. The van der Waals surface area contributed by atoms with Crippen molar-refractivity contribution in [2.24, 2.45) is 0 Å². The Bertz CT molecular complexity index is 360. The molecule has 1 aromatic rings. The highest BCUT2D eigenvalue weighted by molar-refractivity contribution is 5.54.